The molecule has 3 rings (SSSR count). The lowest BCUT2D eigenvalue weighted by atomic mass is 10.1. The Labute approximate surface area is 147 Å². The average molecular weight is 387 g/mol. The topological polar surface area (TPSA) is 34.4 Å². The van der Waals surface area contributed by atoms with E-state index in [0.29, 0.717) is 10.4 Å². The van der Waals surface area contributed by atoms with Crippen LogP contribution >= 0.6 is 27.3 Å². The molecule has 3 aromatic rings. The van der Waals surface area contributed by atoms with Crippen molar-refractivity contribution >= 4 is 33.2 Å². The van der Waals surface area contributed by atoms with Crippen LogP contribution in [0.15, 0.2) is 63.4 Å². The van der Waals surface area contributed by atoms with Crippen molar-refractivity contribution in [1.82, 2.24) is 4.57 Å². The summed E-state index contributed by atoms with van der Waals surface area (Å²) in [6.07, 6.45) is 0. The molecule has 116 valence electrons. The quantitative estimate of drug-likeness (QED) is 0.630. The number of thiazole rings is 1. The molecule has 1 amide bonds. The first-order valence-electron chi connectivity index (χ1n) is 7.13. The largest absolute Gasteiger partial charge is 0.290 e. The van der Waals surface area contributed by atoms with E-state index in [1.54, 1.807) is 0 Å². The Bertz CT molecular complexity index is 905. The molecule has 0 saturated carbocycles. The van der Waals surface area contributed by atoms with Gasteiger partial charge in [0.2, 0.25) is 0 Å². The first kappa shape index (κ1) is 15.9. The zero-order valence-corrected chi connectivity index (χ0v) is 15.2. The maximum Gasteiger partial charge on any atom is 0.279 e. The molecule has 0 radical (unpaired) electrons. The van der Waals surface area contributed by atoms with E-state index in [1.807, 2.05) is 72.3 Å². The molecule has 3 nitrogen and oxygen atoms in total. The average Bonchev–Trinajstić information content (AvgIpc) is 2.89. The summed E-state index contributed by atoms with van der Waals surface area (Å²) < 4.78 is 3.01. The third kappa shape index (κ3) is 3.51. The van der Waals surface area contributed by atoms with Crippen molar-refractivity contribution < 1.29 is 4.79 Å². The highest BCUT2D eigenvalue weighted by atomic mass is 79.9. The summed E-state index contributed by atoms with van der Waals surface area (Å²) in [5, 5.41) is 2.00. The summed E-state index contributed by atoms with van der Waals surface area (Å²) in [5.74, 6) is -0.224. The van der Waals surface area contributed by atoms with Gasteiger partial charge in [-0.15, -0.1) is 11.3 Å². The second-order valence-electron chi connectivity index (χ2n) is 5.25. The number of carbonyl (C=O) groups excluding carboxylic acids is 1. The van der Waals surface area contributed by atoms with Gasteiger partial charge in [-0.05, 0) is 50.2 Å². The maximum atomic E-state index is 12.4. The summed E-state index contributed by atoms with van der Waals surface area (Å²) in [7, 11) is 0. The van der Waals surface area contributed by atoms with Gasteiger partial charge in [0.1, 0.15) is 0 Å². The SMILES string of the molecule is Cc1ccc(C(=O)N=c2scc(C)n2-c2ccc(Br)cc2)cc1. The van der Waals surface area contributed by atoms with Crippen LogP contribution in [-0.4, -0.2) is 10.5 Å². The Morgan fingerprint density at radius 1 is 1.04 bits per heavy atom. The van der Waals surface area contributed by atoms with E-state index in [4.69, 9.17) is 0 Å². The molecule has 0 aliphatic carbocycles. The molecule has 0 atom stereocenters. The second-order valence-corrected chi connectivity index (χ2v) is 7.01. The first-order valence-corrected chi connectivity index (χ1v) is 8.81. The van der Waals surface area contributed by atoms with Gasteiger partial charge in [0.25, 0.3) is 5.91 Å². The van der Waals surface area contributed by atoms with Gasteiger partial charge in [0, 0.05) is 26.8 Å². The highest BCUT2D eigenvalue weighted by Gasteiger charge is 2.08. The van der Waals surface area contributed by atoms with Crippen molar-refractivity contribution in [1.29, 1.82) is 0 Å². The Morgan fingerprint density at radius 2 is 1.70 bits per heavy atom. The summed E-state index contributed by atoms with van der Waals surface area (Å²) >= 11 is 4.90. The van der Waals surface area contributed by atoms with Crippen LogP contribution in [0.25, 0.3) is 5.69 Å². The number of amides is 1. The molecule has 2 aromatic carbocycles. The maximum absolute atomic E-state index is 12.4. The smallest absolute Gasteiger partial charge is 0.279 e. The minimum absolute atomic E-state index is 0.224. The van der Waals surface area contributed by atoms with Crippen LogP contribution in [0.5, 0.6) is 0 Å². The zero-order chi connectivity index (χ0) is 16.4. The Balaban J connectivity index is 2.05. The number of aryl methyl sites for hydroxylation is 2. The predicted octanol–water partition coefficient (Wildman–Crippen LogP) is 4.66. The van der Waals surface area contributed by atoms with Crippen LogP contribution in [0.4, 0.5) is 0 Å². The minimum Gasteiger partial charge on any atom is -0.290 e. The highest BCUT2D eigenvalue weighted by molar-refractivity contribution is 9.10. The number of rotatable bonds is 2. The molecule has 5 heteroatoms. The van der Waals surface area contributed by atoms with Gasteiger partial charge in [-0.1, -0.05) is 33.6 Å². The van der Waals surface area contributed by atoms with E-state index in [0.717, 1.165) is 21.4 Å². The van der Waals surface area contributed by atoms with Crippen LogP contribution in [-0.2, 0) is 0 Å². The van der Waals surface area contributed by atoms with Crippen LogP contribution in [0.3, 0.4) is 0 Å². The Kier molecular flexibility index (Phi) is 4.59. The lowest BCUT2D eigenvalue weighted by Gasteiger charge is -2.06. The van der Waals surface area contributed by atoms with Crippen molar-refractivity contribution in [2.24, 2.45) is 4.99 Å². The summed E-state index contributed by atoms with van der Waals surface area (Å²) in [4.78, 5) is 17.4. The van der Waals surface area contributed by atoms with Gasteiger partial charge < -0.3 is 0 Å². The van der Waals surface area contributed by atoms with Crippen molar-refractivity contribution in [3.05, 3.63) is 80.0 Å². The van der Waals surface area contributed by atoms with Crippen LogP contribution in [0, 0.1) is 13.8 Å². The molecule has 0 spiro atoms. The number of hydrogen-bond acceptors (Lipinski definition) is 2. The van der Waals surface area contributed by atoms with E-state index < -0.39 is 0 Å². The first-order chi connectivity index (χ1) is 11.0. The summed E-state index contributed by atoms with van der Waals surface area (Å²) in [5.41, 5.74) is 3.76. The number of halogens is 1. The molecule has 23 heavy (non-hydrogen) atoms. The molecular formula is C18H15BrN2OS. The van der Waals surface area contributed by atoms with E-state index in [2.05, 4.69) is 20.9 Å². The van der Waals surface area contributed by atoms with Crippen LogP contribution < -0.4 is 4.80 Å². The van der Waals surface area contributed by atoms with E-state index in [9.17, 15) is 4.79 Å². The fourth-order valence-electron chi connectivity index (χ4n) is 2.22. The molecule has 1 aromatic heterocycles. The summed E-state index contributed by atoms with van der Waals surface area (Å²) in [6, 6.07) is 15.4. The van der Waals surface area contributed by atoms with Gasteiger partial charge >= 0.3 is 0 Å². The molecule has 0 aliphatic heterocycles. The third-order valence-corrected chi connectivity index (χ3v) is 4.93. The molecule has 0 saturated heterocycles. The van der Waals surface area contributed by atoms with Crippen molar-refractivity contribution in [2.45, 2.75) is 13.8 Å². The molecular weight excluding hydrogens is 372 g/mol. The fourth-order valence-corrected chi connectivity index (χ4v) is 3.36. The predicted molar refractivity (Wildman–Crippen MR) is 97.2 cm³/mol. The lowest BCUT2D eigenvalue weighted by molar-refractivity contribution is 0.0998. The van der Waals surface area contributed by atoms with Crippen molar-refractivity contribution in [3.63, 3.8) is 0 Å². The van der Waals surface area contributed by atoms with Crippen LogP contribution in [0.1, 0.15) is 21.6 Å². The Morgan fingerprint density at radius 3 is 2.35 bits per heavy atom. The van der Waals surface area contributed by atoms with Gasteiger partial charge in [0.15, 0.2) is 4.80 Å². The normalized spacial score (nSPS) is 11.7. The Hall–Kier alpha value is -1.98. The zero-order valence-electron chi connectivity index (χ0n) is 12.8. The molecule has 0 bridgehead atoms. The van der Waals surface area contributed by atoms with E-state index >= 15 is 0 Å². The number of hydrogen-bond donors (Lipinski definition) is 0. The lowest BCUT2D eigenvalue weighted by Crippen LogP contribution is -2.16. The molecule has 0 aliphatic rings. The van der Waals surface area contributed by atoms with Gasteiger partial charge in [-0.25, -0.2) is 0 Å². The summed E-state index contributed by atoms with van der Waals surface area (Å²) in [6.45, 7) is 4.00. The van der Waals surface area contributed by atoms with E-state index in [1.165, 1.54) is 11.3 Å². The molecule has 0 fully saturated rings. The molecule has 1 heterocycles. The monoisotopic (exact) mass is 386 g/mol. The van der Waals surface area contributed by atoms with Gasteiger partial charge in [-0.2, -0.15) is 4.99 Å². The van der Waals surface area contributed by atoms with Gasteiger partial charge in [0.05, 0.1) is 0 Å². The second kappa shape index (κ2) is 6.64. The molecule has 0 N–H and O–H groups in total. The van der Waals surface area contributed by atoms with Crippen molar-refractivity contribution in [3.8, 4) is 5.69 Å². The van der Waals surface area contributed by atoms with Crippen LogP contribution in [0.2, 0.25) is 0 Å². The number of carbonyl (C=O) groups is 1. The molecule has 0 unspecified atom stereocenters. The third-order valence-electron chi connectivity index (χ3n) is 3.46. The minimum atomic E-state index is -0.224. The fraction of sp³-hybridized carbons (Fsp3) is 0.111. The standard InChI is InChI=1S/C18H15BrN2OS/c1-12-3-5-14(6-4-12)17(22)20-18-21(13(2)11-23-18)16-9-7-15(19)8-10-16/h3-11H,1-2H3. The van der Waals surface area contributed by atoms with E-state index in [-0.39, 0.29) is 5.91 Å². The number of benzene rings is 2. The number of nitrogens with zero attached hydrogens (tertiary/aromatic N) is 2. The highest BCUT2D eigenvalue weighted by Crippen LogP contribution is 2.15. The van der Waals surface area contributed by atoms with Gasteiger partial charge in [-0.3, -0.25) is 9.36 Å². The number of aromatic nitrogens is 1. The van der Waals surface area contributed by atoms with Crippen molar-refractivity contribution in [2.75, 3.05) is 0 Å².